The van der Waals surface area contributed by atoms with Crippen molar-refractivity contribution in [2.24, 2.45) is 0 Å². The van der Waals surface area contributed by atoms with Crippen molar-refractivity contribution in [3.63, 3.8) is 0 Å². The van der Waals surface area contributed by atoms with E-state index in [0.29, 0.717) is 11.4 Å². The number of anilines is 2. The van der Waals surface area contributed by atoms with Gasteiger partial charge in [0.1, 0.15) is 0 Å². The van der Waals surface area contributed by atoms with Gasteiger partial charge in [0.15, 0.2) is 11.6 Å². The standard InChI is InChI=1S/C14H12F2N2O/c1-8-5-6-12(11(17)7-8)18-14(19)9-3-2-4-10(15)13(9)16/h2-7H,17H2,1H3,(H,18,19). The number of carbonyl (C=O) groups excluding carboxylic acids is 1. The molecule has 0 unspecified atom stereocenters. The summed E-state index contributed by atoms with van der Waals surface area (Å²) in [5.74, 6) is -2.98. The lowest BCUT2D eigenvalue weighted by molar-refractivity contribution is 0.102. The maximum atomic E-state index is 13.5. The van der Waals surface area contributed by atoms with E-state index in [9.17, 15) is 13.6 Å². The van der Waals surface area contributed by atoms with Gasteiger partial charge in [0.2, 0.25) is 0 Å². The molecule has 0 aliphatic rings. The van der Waals surface area contributed by atoms with E-state index in [1.54, 1.807) is 18.2 Å². The van der Waals surface area contributed by atoms with Crippen LogP contribution in [-0.4, -0.2) is 5.91 Å². The summed E-state index contributed by atoms with van der Waals surface area (Å²) >= 11 is 0. The van der Waals surface area contributed by atoms with Gasteiger partial charge in [-0.3, -0.25) is 4.79 Å². The summed E-state index contributed by atoms with van der Waals surface area (Å²) in [7, 11) is 0. The predicted molar refractivity (Wildman–Crippen MR) is 69.9 cm³/mol. The second kappa shape index (κ2) is 5.06. The van der Waals surface area contributed by atoms with Crippen LogP contribution in [0.2, 0.25) is 0 Å². The van der Waals surface area contributed by atoms with Gasteiger partial charge in [0, 0.05) is 0 Å². The molecule has 0 saturated carbocycles. The molecule has 0 atom stereocenters. The molecule has 0 spiro atoms. The molecular weight excluding hydrogens is 250 g/mol. The smallest absolute Gasteiger partial charge is 0.258 e. The van der Waals surface area contributed by atoms with E-state index in [1.165, 1.54) is 12.1 Å². The number of amides is 1. The average Bonchev–Trinajstić information content (AvgIpc) is 2.36. The normalized spacial score (nSPS) is 10.3. The van der Waals surface area contributed by atoms with Crippen LogP contribution < -0.4 is 11.1 Å². The fraction of sp³-hybridized carbons (Fsp3) is 0.0714. The van der Waals surface area contributed by atoms with E-state index in [2.05, 4.69) is 5.32 Å². The minimum absolute atomic E-state index is 0.360. The van der Waals surface area contributed by atoms with Crippen LogP contribution in [0.25, 0.3) is 0 Å². The van der Waals surface area contributed by atoms with Crippen LogP contribution in [-0.2, 0) is 0 Å². The minimum Gasteiger partial charge on any atom is -0.397 e. The van der Waals surface area contributed by atoms with E-state index in [-0.39, 0.29) is 5.56 Å². The molecule has 2 aromatic carbocycles. The highest BCUT2D eigenvalue weighted by atomic mass is 19.2. The van der Waals surface area contributed by atoms with Crippen LogP contribution in [0.1, 0.15) is 15.9 Å². The van der Waals surface area contributed by atoms with Gasteiger partial charge < -0.3 is 11.1 Å². The number of nitrogen functional groups attached to an aromatic ring is 1. The van der Waals surface area contributed by atoms with E-state index < -0.39 is 17.5 Å². The van der Waals surface area contributed by atoms with E-state index >= 15 is 0 Å². The van der Waals surface area contributed by atoms with Crippen molar-refractivity contribution in [1.82, 2.24) is 0 Å². The van der Waals surface area contributed by atoms with Gasteiger partial charge in [-0.25, -0.2) is 8.78 Å². The first-order valence-corrected chi connectivity index (χ1v) is 5.60. The Labute approximate surface area is 109 Å². The summed E-state index contributed by atoms with van der Waals surface area (Å²) in [6.45, 7) is 1.86. The highest BCUT2D eigenvalue weighted by Gasteiger charge is 2.15. The summed E-state index contributed by atoms with van der Waals surface area (Å²) in [6, 6.07) is 8.47. The molecule has 2 rings (SSSR count). The van der Waals surface area contributed by atoms with Crippen molar-refractivity contribution in [3.05, 3.63) is 59.2 Å². The van der Waals surface area contributed by atoms with Crippen molar-refractivity contribution in [1.29, 1.82) is 0 Å². The molecule has 0 aromatic heterocycles. The Hall–Kier alpha value is -2.43. The van der Waals surface area contributed by atoms with Crippen LogP contribution >= 0.6 is 0 Å². The van der Waals surface area contributed by atoms with E-state index in [1.807, 2.05) is 6.92 Å². The van der Waals surface area contributed by atoms with Crippen molar-refractivity contribution in [3.8, 4) is 0 Å². The summed E-state index contributed by atoms with van der Waals surface area (Å²) in [5.41, 5.74) is 7.04. The first-order chi connectivity index (χ1) is 8.99. The third kappa shape index (κ3) is 2.70. The number of halogens is 2. The number of nitrogens with two attached hydrogens (primary N) is 1. The Morgan fingerprint density at radius 2 is 1.95 bits per heavy atom. The molecule has 0 bridgehead atoms. The number of carbonyl (C=O) groups is 1. The first-order valence-electron chi connectivity index (χ1n) is 5.60. The molecule has 0 fully saturated rings. The Bertz CT molecular complexity index is 641. The fourth-order valence-corrected chi connectivity index (χ4v) is 1.66. The Balaban J connectivity index is 2.28. The van der Waals surface area contributed by atoms with Crippen molar-refractivity contribution >= 4 is 17.3 Å². The number of hydrogen-bond donors (Lipinski definition) is 2. The largest absolute Gasteiger partial charge is 0.397 e. The molecule has 1 amide bonds. The van der Waals surface area contributed by atoms with Crippen LogP contribution in [0.3, 0.4) is 0 Å². The zero-order chi connectivity index (χ0) is 14.0. The number of aryl methyl sites for hydroxylation is 1. The maximum absolute atomic E-state index is 13.5. The Morgan fingerprint density at radius 1 is 1.21 bits per heavy atom. The number of hydrogen-bond acceptors (Lipinski definition) is 2. The molecule has 98 valence electrons. The van der Waals surface area contributed by atoms with Gasteiger partial charge in [-0.05, 0) is 36.8 Å². The van der Waals surface area contributed by atoms with Crippen LogP contribution in [0.15, 0.2) is 36.4 Å². The van der Waals surface area contributed by atoms with Crippen LogP contribution in [0.5, 0.6) is 0 Å². The molecule has 0 heterocycles. The van der Waals surface area contributed by atoms with Gasteiger partial charge in [-0.15, -0.1) is 0 Å². The average molecular weight is 262 g/mol. The summed E-state index contributed by atoms with van der Waals surface area (Å²) in [6.07, 6.45) is 0. The molecule has 19 heavy (non-hydrogen) atoms. The van der Waals surface area contributed by atoms with E-state index in [0.717, 1.165) is 11.6 Å². The van der Waals surface area contributed by atoms with Gasteiger partial charge in [-0.2, -0.15) is 0 Å². The highest BCUT2D eigenvalue weighted by molar-refractivity contribution is 6.05. The molecule has 5 heteroatoms. The molecule has 0 radical (unpaired) electrons. The molecule has 0 saturated heterocycles. The molecule has 3 nitrogen and oxygen atoms in total. The van der Waals surface area contributed by atoms with Crippen LogP contribution in [0.4, 0.5) is 20.2 Å². The van der Waals surface area contributed by atoms with E-state index in [4.69, 9.17) is 5.73 Å². The van der Waals surface area contributed by atoms with Gasteiger partial charge in [0.05, 0.1) is 16.9 Å². The quantitative estimate of drug-likeness (QED) is 0.817. The first kappa shape index (κ1) is 13.0. The van der Waals surface area contributed by atoms with Crippen molar-refractivity contribution in [2.75, 3.05) is 11.1 Å². The summed E-state index contributed by atoms with van der Waals surface area (Å²) in [4.78, 5) is 11.9. The SMILES string of the molecule is Cc1ccc(NC(=O)c2cccc(F)c2F)c(N)c1. The van der Waals surface area contributed by atoms with Crippen molar-refractivity contribution in [2.45, 2.75) is 6.92 Å². The lowest BCUT2D eigenvalue weighted by atomic mass is 10.1. The lowest BCUT2D eigenvalue weighted by Crippen LogP contribution is -2.15. The Kier molecular flexibility index (Phi) is 3.46. The zero-order valence-electron chi connectivity index (χ0n) is 10.2. The maximum Gasteiger partial charge on any atom is 0.258 e. The number of benzene rings is 2. The lowest BCUT2D eigenvalue weighted by Gasteiger charge is -2.09. The number of nitrogens with one attached hydrogen (secondary N) is 1. The second-order valence-electron chi connectivity index (χ2n) is 4.15. The van der Waals surface area contributed by atoms with Crippen molar-refractivity contribution < 1.29 is 13.6 Å². The molecule has 2 aromatic rings. The molecule has 0 aliphatic heterocycles. The minimum atomic E-state index is -1.18. The second-order valence-corrected chi connectivity index (χ2v) is 4.15. The fourth-order valence-electron chi connectivity index (χ4n) is 1.66. The molecule has 0 aliphatic carbocycles. The highest BCUT2D eigenvalue weighted by Crippen LogP contribution is 2.21. The Morgan fingerprint density at radius 3 is 2.63 bits per heavy atom. The third-order valence-electron chi connectivity index (χ3n) is 2.65. The van der Waals surface area contributed by atoms with Gasteiger partial charge in [0.25, 0.3) is 5.91 Å². The zero-order valence-corrected chi connectivity index (χ0v) is 10.2. The van der Waals surface area contributed by atoms with Crippen LogP contribution in [0, 0.1) is 18.6 Å². The third-order valence-corrected chi connectivity index (χ3v) is 2.65. The monoisotopic (exact) mass is 262 g/mol. The topological polar surface area (TPSA) is 55.1 Å². The predicted octanol–water partition coefficient (Wildman–Crippen LogP) is 3.11. The molecular formula is C14H12F2N2O. The van der Waals surface area contributed by atoms with Gasteiger partial charge >= 0.3 is 0 Å². The molecule has 3 N–H and O–H groups in total. The summed E-state index contributed by atoms with van der Waals surface area (Å²) in [5, 5.41) is 2.45. The number of rotatable bonds is 2. The van der Waals surface area contributed by atoms with Gasteiger partial charge in [-0.1, -0.05) is 12.1 Å². The summed E-state index contributed by atoms with van der Waals surface area (Å²) < 4.78 is 26.5.